The lowest BCUT2D eigenvalue weighted by Gasteiger charge is -2.09. The molecule has 0 saturated carbocycles. The molecule has 10 heavy (non-hydrogen) atoms. The standard InChI is InChI=1S/C8H16N2/c1-6(2)4-8(10)5-7(3)9/h8H,1,3-5,9-10H2,2H3. The van der Waals surface area contributed by atoms with Crippen molar-refractivity contribution in [1.29, 1.82) is 0 Å². The van der Waals surface area contributed by atoms with E-state index in [2.05, 4.69) is 13.2 Å². The first-order chi connectivity index (χ1) is 4.52. The van der Waals surface area contributed by atoms with Gasteiger partial charge in [0.05, 0.1) is 0 Å². The lowest BCUT2D eigenvalue weighted by atomic mass is 10.1. The molecule has 0 radical (unpaired) electrons. The molecule has 4 N–H and O–H groups in total. The van der Waals surface area contributed by atoms with Gasteiger partial charge in [0.25, 0.3) is 0 Å². The lowest BCUT2D eigenvalue weighted by Crippen LogP contribution is -2.22. The number of hydrogen-bond acceptors (Lipinski definition) is 2. The minimum absolute atomic E-state index is 0.0926. The van der Waals surface area contributed by atoms with Crippen LogP contribution in [0, 0.1) is 0 Å². The maximum atomic E-state index is 5.67. The van der Waals surface area contributed by atoms with Crippen molar-refractivity contribution >= 4 is 0 Å². The second-order valence-electron chi connectivity index (χ2n) is 2.78. The Morgan fingerprint density at radius 3 is 2.20 bits per heavy atom. The van der Waals surface area contributed by atoms with Gasteiger partial charge in [-0.3, -0.25) is 0 Å². The molecule has 0 aromatic carbocycles. The number of rotatable bonds is 4. The van der Waals surface area contributed by atoms with E-state index in [1.54, 1.807) is 0 Å². The van der Waals surface area contributed by atoms with Crippen LogP contribution in [0.3, 0.4) is 0 Å². The van der Waals surface area contributed by atoms with Crippen LogP contribution in [0.1, 0.15) is 19.8 Å². The van der Waals surface area contributed by atoms with Gasteiger partial charge in [0.2, 0.25) is 0 Å². The van der Waals surface area contributed by atoms with Gasteiger partial charge in [-0.1, -0.05) is 12.2 Å². The lowest BCUT2D eigenvalue weighted by molar-refractivity contribution is 0.655. The third-order valence-corrected chi connectivity index (χ3v) is 1.14. The Morgan fingerprint density at radius 2 is 1.90 bits per heavy atom. The second kappa shape index (κ2) is 4.12. The van der Waals surface area contributed by atoms with Crippen molar-refractivity contribution in [2.24, 2.45) is 11.5 Å². The van der Waals surface area contributed by atoms with Crippen molar-refractivity contribution < 1.29 is 0 Å². The predicted molar refractivity (Wildman–Crippen MR) is 45.4 cm³/mol. The van der Waals surface area contributed by atoms with Crippen LogP contribution in [-0.2, 0) is 0 Å². The predicted octanol–water partition coefficient (Wildman–Crippen LogP) is 1.14. The van der Waals surface area contributed by atoms with E-state index in [4.69, 9.17) is 11.5 Å². The molecule has 0 aliphatic carbocycles. The zero-order valence-electron chi connectivity index (χ0n) is 6.56. The first-order valence-corrected chi connectivity index (χ1v) is 3.35. The molecule has 0 rings (SSSR count). The molecule has 0 fully saturated rings. The first kappa shape index (κ1) is 9.24. The topological polar surface area (TPSA) is 52.0 Å². The van der Waals surface area contributed by atoms with Gasteiger partial charge in [0.15, 0.2) is 0 Å². The van der Waals surface area contributed by atoms with E-state index in [0.29, 0.717) is 12.1 Å². The van der Waals surface area contributed by atoms with Crippen LogP contribution in [0.5, 0.6) is 0 Å². The minimum Gasteiger partial charge on any atom is -0.402 e. The molecular formula is C8H16N2. The summed E-state index contributed by atoms with van der Waals surface area (Å²) in [5, 5.41) is 0. The van der Waals surface area contributed by atoms with Crippen LogP contribution in [0.2, 0.25) is 0 Å². The van der Waals surface area contributed by atoms with Gasteiger partial charge in [-0.2, -0.15) is 0 Å². The summed E-state index contributed by atoms with van der Waals surface area (Å²) in [6, 6.07) is 0.0926. The molecule has 0 amide bonds. The number of nitrogens with two attached hydrogens (primary N) is 2. The van der Waals surface area contributed by atoms with Crippen LogP contribution in [0.4, 0.5) is 0 Å². The highest BCUT2D eigenvalue weighted by Gasteiger charge is 2.01. The molecule has 2 heteroatoms. The zero-order chi connectivity index (χ0) is 8.15. The summed E-state index contributed by atoms with van der Waals surface area (Å²) in [5.41, 5.74) is 12.8. The third kappa shape index (κ3) is 5.38. The Hall–Kier alpha value is -0.760. The normalized spacial score (nSPS) is 12.6. The summed E-state index contributed by atoms with van der Waals surface area (Å²) in [7, 11) is 0. The third-order valence-electron chi connectivity index (χ3n) is 1.14. The summed E-state index contributed by atoms with van der Waals surface area (Å²) >= 11 is 0. The van der Waals surface area contributed by atoms with Crippen LogP contribution >= 0.6 is 0 Å². The Labute approximate surface area is 62.6 Å². The molecule has 0 aliphatic heterocycles. The molecule has 0 heterocycles. The van der Waals surface area contributed by atoms with Gasteiger partial charge >= 0.3 is 0 Å². The molecule has 0 aromatic rings. The maximum Gasteiger partial charge on any atom is 0.0130 e. The van der Waals surface area contributed by atoms with Crippen molar-refractivity contribution in [3.05, 3.63) is 24.4 Å². The van der Waals surface area contributed by atoms with Gasteiger partial charge in [0, 0.05) is 18.2 Å². The van der Waals surface area contributed by atoms with E-state index in [1.807, 2.05) is 6.92 Å². The average Bonchev–Trinajstić information content (AvgIpc) is 1.58. The highest BCUT2D eigenvalue weighted by Crippen LogP contribution is 2.04. The summed E-state index contributed by atoms with van der Waals surface area (Å²) in [6.07, 6.45) is 1.52. The zero-order valence-corrected chi connectivity index (χ0v) is 6.56. The van der Waals surface area contributed by atoms with Crippen LogP contribution in [0.25, 0.3) is 0 Å². The monoisotopic (exact) mass is 140 g/mol. The Bertz CT molecular complexity index is 122. The van der Waals surface area contributed by atoms with Crippen molar-refractivity contribution in [3.63, 3.8) is 0 Å². The van der Waals surface area contributed by atoms with Crippen molar-refractivity contribution in [1.82, 2.24) is 0 Å². The molecule has 0 aromatic heterocycles. The van der Waals surface area contributed by atoms with Gasteiger partial charge in [-0.25, -0.2) is 0 Å². The minimum atomic E-state index is 0.0926. The fraction of sp³-hybridized carbons (Fsp3) is 0.500. The van der Waals surface area contributed by atoms with E-state index in [0.717, 1.165) is 12.0 Å². The van der Waals surface area contributed by atoms with Crippen molar-refractivity contribution in [2.75, 3.05) is 0 Å². The molecule has 2 nitrogen and oxygen atoms in total. The first-order valence-electron chi connectivity index (χ1n) is 3.35. The summed E-state index contributed by atoms with van der Waals surface area (Å²) in [5.74, 6) is 0. The van der Waals surface area contributed by atoms with E-state index in [9.17, 15) is 0 Å². The van der Waals surface area contributed by atoms with Crippen LogP contribution in [-0.4, -0.2) is 6.04 Å². The fourth-order valence-electron chi connectivity index (χ4n) is 0.857. The van der Waals surface area contributed by atoms with Gasteiger partial charge in [-0.05, 0) is 13.3 Å². The van der Waals surface area contributed by atoms with Gasteiger partial charge in [-0.15, -0.1) is 6.58 Å². The SMILES string of the molecule is C=C(C)CC(N)CC(=C)N. The van der Waals surface area contributed by atoms with E-state index in [-0.39, 0.29) is 6.04 Å². The summed E-state index contributed by atoms with van der Waals surface area (Å²) in [6.45, 7) is 9.28. The molecule has 58 valence electrons. The van der Waals surface area contributed by atoms with Crippen LogP contribution in [0.15, 0.2) is 24.4 Å². The Balaban J connectivity index is 3.53. The summed E-state index contributed by atoms with van der Waals surface area (Å²) < 4.78 is 0. The largest absolute Gasteiger partial charge is 0.402 e. The van der Waals surface area contributed by atoms with E-state index >= 15 is 0 Å². The molecule has 0 saturated heterocycles. The second-order valence-corrected chi connectivity index (χ2v) is 2.78. The Morgan fingerprint density at radius 1 is 1.40 bits per heavy atom. The molecular weight excluding hydrogens is 124 g/mol. The van der Waals surface area contributed by atoms with Crippen molar-refractivity contribution in [3.8, 4) is 0 Å². The molecule has 1 unspecified atom stereocenters. The molecule has 0 aliphatic rings. The van der Waals surface area contributed by atoms with E-state index < -0.39 is 0 Å². The number of hydrogen-bond donors (Lipinski definition) is 2. The van der Waals surface area contributed by atoms with Crippen LogP contribution < -0.4 is 11.5 Å². The smallest absolute Gasteiger partial charge is 0.0130 e. The highest BCUT2D eigenvalue weighted by molar-refractivity contribution is 4.97. The molecule has 0 spiro atoms. The molecule has 1 atom stereocenters. The average molecular weight is 140 g/mol. The van der Waals surface area contributed by atoms with Crippen molar-refractivity contribution in [2.45, 2.75) is 25.8 Å². The van der Waals surface area contributed by atoms with Gasteiger partial charge in [0.1, 0.15) is 0 Å². The van der Waals surface area contributed by atoms with Gasteiger partial charge < -0.3 is 11.5 Å². The quantitative estimate of drug-likeness (QED) is 0.575. The van der Waals surface area contributed by atoms with E-state index in [1.165, 1.54) is 0 Å². The maximum absolute atomic E-state index is 5.67. The Kier molecular flexibility index (Phi) is 3.81. The highest BCUT2D eigenvalue weighted by atomic mass is 14.7. The molecule has 0 bridgehead atoms. The fourth-order valence-corrected chi connectivity index (χ4v) is 0.857. The summed E-state index contributed by atoms with van der Waals surface area (Å²) in [4.78, 5) is 0.